The van der Waals surface area contributed by atoms with Crippen molar-refractivity contribution >= 4 is 33.3 Å². The molecule has 0 saturated carbocycles. The highest BCUT2D eigenvalue weighted by atomic mass is 32.2. The molecule has 0 radical (unpaired) electrons. The van der Waals surface area contributed by atoms with E-state index < -0.39 is 28.2 Å². The number of hydrogen-bond donors (Lipinski definition) is 3. The number of para-hydroxylation sites is 1. The quantitative estimate of drug-likeness (QED) is 0.351. The van der Waals surface area contributed by atoms with Crippen molar-refractivity contribution < 1.29 is 37.3 Å². The number of amides is 3. The summed E-state index contributed by atoms with van der Waals surface area (Å²) in [5, 5.41) is 15.4. The van der Waals surface area contributed by atoms with Gasteiger partial charge in [0.1, 0.15) is 6.10 Å². The van der Waals surface area contributed by atoms with Crippen LogP contribution in [-0.2, 0) is 10.0 Å². The molecule has 13 heteroatoms. The lowest BCUT2D eigenvalue weighted by molar-refractivity contribution is 0.0389. The summed E-state index contributed by atoms with van der Waals surface area (Å²) in [5.74, 6) is 0.442. The molecule has 0 aromatic heterocycles. The zero-order chi connectivity index (χ0) is 30.7. The SMILES string of the molecule is C[C@H]1CN([C@@H](C)CO)C(=O)c2cccc(NC(=O)Nc3ccc4c(c3)OCO4)c2O[C@H]1CN(C)S(=O)(=O)c1ccccc1. The second-order valence-corrected chi connectivity index (χ2v) is 12.6. The van der Waals surface area contributed by atoms with E-state index in [2.05, 4.69) is 10.6 Å². The molecule has 0 fully saturated rings. The first-order valence-corrected chi connectivity index (χ1v) is 15.2. The Morgan fingerprint density at radius 3 is 2.56 bits per heavy atom. The summed E-state index contributed by atoms with van der Waals surface area (Å²) in [6, 6.07) is 16.7. The van der Waals surface area contributed by atoms with Gasteiger partial charge in [0, 0.05) is 31.3 Å². The number of anilines is 2. The number of nitrogens with zero attached hydrogens (tertiary/aromatic N) is 2. The lowest BCUT2D eigenvalue weighted by Crippen LogP contribution is -2.50. The number of likely N-dealkylation sites (N-methyl/N-ethyl adjacent to an activating group) is 1. The van der Waals surface area contributed by atoms with Gasteiger partial charge < -0.3 is 34.9 Å². The molecule has 3 N–H and O–H groups in total. The van der Waals surface area contributed by atoms with E-state index >= 15 is 0 Å². The van der Waals surface area contributed by atoms with Gasteiger partial charge in [-0.05, 0) is 43.3 Å². The monoisotopic (exact) mass is 610 g/mol. The number of carbonyl (C=O) groups excluding carboxylic acids is 2. The fourth-order valence-corrected chi connectivity index (χ4v) is 6.15. The molecule has 43 heavy (non-hydrogen) atoms. The number of carbonyl (C=O) groups is 2. The maximum absolute atomic E-state index is 13.7. The fraction of sp³-hybridized carbons (Fsp3) is 0.333. The highest BCUT2D eigenvalue weighted by molar-refractivity contribution is 7.89. The van der Waals surface area contributed by atoms with Crippen molar-refractivity contribution in [2.75, 3.05) is 44.2 Å². The summed E-state index contributed by atoms with van der Waals surface area (Å²) >= 11 is 0. The fourth-order valence-electron chi connectivity index (χ4n) is 4.94. The van der Waals surface area contributed by atoms with Gasteiger partial charge in [-0.2, -0.15) is 4.31 Å². The molecule has 5 rings (SSSR count). The molecule has 2 aliphatic rings. The number of aliphatic hydroxyl groups excluding tert-OH is 1. The summed E-state index contributed by atoms with van der Waals surface area (Å²) in [6.45, 7) is 3.59. The van der Waals surface area contributed by atoms with Crippen LogP contribution >= 0.6 is 0 Å². The van der Waals surface area contributed by atoms with E-state index in [4.69, 9.17) is 14.2 Å². The second kappa shape index (κ2) is 12.5. The van der Waals surface area contributed by atoms with Gasteiger partial charge in [0.2, 0.25) is 16.8 Å². The summed E-state index contributed by atoms with van der Waals surface area (Å²) in [7, 11) is -2.37. The van der Waals surface area contributed by atoms with E-state index in [1.807, 2.05) is 6.92 Å². The van der Waals surface area contributed by atoms with Gasteiger partial charge in [-0.1, -0.05) is 31.2 Å². The molecule has 0 unspecified atom stereocenters. The standard InChI is InChI=1S/C30H34N4O8S/c1-19-15-34(20(2)17-35)29(36)23-10-7-11-24(32-30(37)31-21-12-13-25-26(14-21)41-18-40-25)28(23)42-27(19)16-33(3)43(38,39)22-8-5-4-6-9-22/h4-14,19-20,27,35H,15-18H2,1-3H3,(H2,31,32,37)/t19-,20-,27-/m0/s1. The predicted molar refractivity (Wildman–Crippen MR) is 159 cm³/mol. The van der Waals surface area contributed by atoms with Crippen molar-refractivity contribution in [2.24, 2.45) is 5.92 Å². The number of urea groups is 1. The molecule has 0 aliphatic carbocycles. The number of sulfonamides is 1. The molecular formula is C30H34N4O8S. The minimum atomic E-state index is -3.84. The topological polar surface area (TPSA) is 147 Å². The molecule has 0 spiro atoms. The highest BCUT2D eigenvalue weighted by Crippen LogP contribution is 2.36. The number of aliphatic hydroxyl groups is 1. The van der Waals surface area contributed by atoms with Crippen molar-refractivity contribution in [3.63, 3.8) is 0 Å². The highest BCUT2D eigenvalue weighted by Gasteiger charge is 2.36. The lowest BCUT2D eigenvalue weighted by atomic mass is 9.99. The van der Waals surface area contributed by atoms with Crippen LogP contribution in [0.5, 0.6) is 17.2 Å². The first-order valence-electron chi connectivity index (χ1n) is 13.8. The average Bonchev–Trinajstić information content (AvgIpc) is 3.47. The second-order valence-electron chi connectivity index (χ2n) is 10.6. The molecule has 3 atom stereocenters. The van der Waals surface area contributed by atoms with E-state index in [1.165, 1.54) is 23.5 Å². The van der Waals surface area contributed by atoms with Crippen LogP contribution in [0, 0.1) is 5.92 Å². The van der Waals surface area contributed by atoms with E-state index in [0.717, 1.165) is 0 Å². The van der Waals surface area contributed by atoms with E-state index in [-0.39, 0.29) is 60.2 Å². The van der Waals surface area contributed by atoms with Gasteiger partial charge in [0.05, 0.1) is 35.3 Å². The van der Waals surface area contributed by atoms with Gasteiger partial charge in [-0.25, -0.2) is 13.2 Å². The van der Waals surface area contributed by atoms with Crippen LogP contribution in [0.4, 0.5) is 16.2 Å². The van der Waals surface area contributed by atoms with Gasteiger partial charge in [0.15, 0.2) is 17.2 Å². The first-order chi connectivity index (χ1) is 20.6. The summed E-state index contributed by atoms with van der Waals surface area (Å²) in [4.78, 5) is 28.5. The largest absolute Gasteiger partial charge is 0.486 e. The number of ether oxygens (including phenoxy) is 3. The smallest absolute Gasteiger partial charge is 0.323 e. The van der Waals surface area contributed by atoms with Crippen LogP contribution in [0.2, 0.25) is 0 Å². The number of hydrogen-bond acceptors (Lipinski definition) is 8. The Morgan fingerprint density at radius 2 is 1.81 bits per heavy atom. The molecule has 228 valence electrons. The van der Waals surface area contributed by atoms with Crippen molar-refractivity contribution in [1.29, 1.82) is 0 Å². The maximum atomic E-state index is 13.7. The number of benzene rings is 3. The average molecular weight is 611 g/mol. The number of nitrogens with one attached hydrogen (secondary N) is 2. The third-order valence-electron chi connectivity index (χ3n) is 7.46. The Kier molecular flexibility index (Phi) is 8.76. The Hall–Kier alpha value is -4.33. The van der Waals surface area contributed by atoms with Gasteiger partial charge in [0.25, 0.3) is 5.91 Å². The molecule has 12 nitrogen and oxygen atoms in total. The lowest BCUT2D eigenvalue weighted by Gasteiger charge is -2.38. The molecule has 0 bridgehead atoms. The molecule has 3 aromatic carbocycles. The third-order valence-corrected chi connectivity index (χ3v) is 9.30. The van der Waals surface area contributed by atoms with E-state index in [9.17, 15) is 23.1 Å². The maximum Gasteiger partial charge on any atom is 0.323 e. The van der Waals surface area contributed by atoms with E-state index in [0.29, 0.717) is 17.2 Å². The van der Waals surface area contributed by atoms with Crippen molar-refractivity contribution in [2.45, 2.75) is 30.9 Å². The minimum Gasteiger partial charge on any atom is -0.486 e. The first kappa shape index (κ1) is 30.1. The van der Waals surface area contributed by atoms with Gasteiger partial charge in [-0.15, -0.1) is 0 Å². The van der Waals surface area contributed by atoms with Crippen molar-refractivity contribution in [3.8, 4) is 17.2 Å². The number of fused-ring (bicyclic) bond motifs is 2. The van der Waals surface area contributed by atoms with Crippen molar-refractivity contribution in [3.05, 3.63) is 72.3 Å². The summed E-state index contributed by atoms with van der Waals surface area (Å²) in [5.41, 5.74) is 0.847. The molecular weight excluding hydrogens is 576 g/mol. The molecule has 3 amide bonds. The Bertz CT molecular complexity index is 1600. The van der Waals surface area contributed by atoms with Crippen LogP contribution < -0.4 is 24.8 Å². The normalized spacial score (nSPS) is 18.7. The zero-order valence-corrected chi connectivity index (χ0v) is 24.8. The molecule has 2 aliphatic heterocycles. The third kappa shape index (κ3) is 6.38. The van der Waals surface area contributed by atoms with Crippen LogP contribution in [0.3, 0.4) is 0 Å². The van der Waals surface area contributed by atoms with Gasteiger partial charge >= 0.3 is 6.03 Å². The Labute approximate surface area is 250 Å². The zero-order valence-electron chi connectivity index (χ0n) is 24.0. The Morgan fingerprint density at radius 1 is 1.07 bits per heavy atom. The van der Waals surface area contributed by atoms with E-state index in [1.54, 1.807) is 66.4 Å². The summed E-state index contributed by atoms with van der Waals surface area (Å²) < 4.78 is 45.0. The Balaban J connectivity index is 1.45. The summed E-state index contributed by atoms with van der Waals surface area (Å²) in [6.07, 6.45) is -0.719. The van der Waals surface area contributed by atoms with Crippen LogP contribution in [0.15, 0.2) is 71.6 Å². The van der Waals surface area contributed by atoms with Gasteiger partial charge in [-0.3, -0.25) is 4.79 Å². The number of rotatable bonds is 8. The van der Waals surface area contributed by atoms with Crippen molar-refractivity contribution in [1.82, 2.24) is 9.21 Å². The molecule has 3 aromatic rings. The predicted octanol–water partition coefficient (Wildman–Crippen LogP) is 3.60. The van der Waals surface area contributed by atoms with Crippen LogP contribution in [0.1, 0.15) is 24.2 Å². The van der Waals surface area contributed by atoms with Crippen LogP contribution in [-0.4, -0.2) is 80.4 Å². The van der Waals surface area contributed by atoms with Crippen LogP contribution in [0.25, 0.3) is 0 Å². The minimum absolute atomic E-state index is 0.0366. The molecule has 2 heterocycles. The molecule has 0 saturated heterocycles.